The van der Waals surface area contributed by atoms with Crippen LogP contribution in [-0.2, 0) is 0 Å². The summed E-state index contributed by atoms with van der Waals surface area (Å²) in [5.74, 6) is -0.484. The fourth-order valence-corrected chi connectivity index (χ4v) is 2.12. The summed E-state index contributed by atoms with van der Waals surface area (Å²) in [6.45, 7) is 1.81. The van der Waals surface area contributed by atoms with Crippen molar-refractivity contribution in [1.82, 2.24) is 4.98 Å². The van der Waals surface area contributed by atoms with Gasteiger partial charge in [-0.2, -0.15) is 5.26 Å². The van der Waals surface area contributed by atoms with Crippen molar-refractivity contribution in [1.29, 1.82) is 5.26 Å². The maximum absolute atomic E-state index is 13.9. The number of benzene rings is 1. The van der Waals surface area contributed by atoms with Crippen LogP contribution in [0, 0.1) is 24.1 Å². The monoisotopic (exact) mass is 279 g/mol. The third kappa shape index (κ3) is 1.42. The second kappa shape index (κ2) is 3.72. The summed E-state index contributed by atoms with van der Waals surface area (Å²) in [6, 6.07) is 3.52. The molecule has 0 saturated heterocycles. The van der Waals surface area contributed by atoms with Crippen molar-refractivity contribution < 1.29 is 4.39 Å². The maximum Gasteiger partial charge on any atom is 0.148 e. The van der Waals surface area contributed by atoms with Crippen LogP contribution >= 0.6 is 15.9 Å². The molecule has 2 rings (SSSR count). The number of nitrogen functional groups attached to an aromatic ring is 1. The van der Waals surface area contributed by atoms with Crippen LogP contribution in [0.25, 0.3) is 10.9 Å². The Bertz CT molecular complexity index is 631. The van der Waals surface area contributed by atoms with Gasteiger partial charge in [0.15, 0.2) is 0 Å². The zero-order valence-electron chi connectivity index (χ0n) is 8.38. The molecule has 1 aromatic carbocycles. The number of fused-ring (bicyclic) bond motifs is 1. The summed E-state index contributed by atoms with van der Waals surface area (Å²) in [6.07, 6.45) is 1.36. The van der Waals surface area contributed by atoms with Gasteiger partial charge in [-0.25, -0.2) is 4.39 Å². The molecule has 0 unspecified atom stereocenters. The number of pyridine rings is 1. The minimum absolute atomic E-state index is 0.134. The number of nitrogens with two attached hydrogens (primary N) is 1. The average Bonchev–Trinajstić information content (AvgIpc) is 2.26. The Hall–Kier alpha value is -1.67. The highest BCUT2D eigenvalue weighted by molar-refractivity contribution is 9.10. The second-order valence-electron chi connectivity index (χ2n) is 3.41. The molecule has 5 heteroatoms. The third-order valence-electron chi connectivity index (χ3n) is 2.39. The number of hydrogen-bond donors (Lipinski definition) is 1. The van der Waals surface area contributed by atoms with Gasteiger partial charge in [-0.15, -0.1) is 0 Å². The van der Waals surface area contributed by atoms with E-state index in [4.69, 9.17) is 11.0 Å². The van der Waals surface area contributed by atoms with Gasteiger partial charge in [0.1, 0.15) is 11.9 Å². The van der Waals surface area contributed by atoms with E-state index in [0.29, 0.717) is 9.99 Å². The number of anilines is 1. The normalized spacial score (nSPS) is 10.4. The van der Waals surface area contributed by atoms with Crippen LogP contribution in [-0.4, -0.2) is 4.98 Å². The van der Waals surface area contributed by atoms with E-state index in [-0.39, 0.29) is 16.6 Å². The van der Waals surface area contributed by atoms with E-state index in [1.54, 1.807) is 6.07 Å². The molecular weight excluding hydrogens is 273 g/mol. The lowest BCUT2D eigenvalue weighted by atomic mass is 10.1. The summed E-state index contributed by atoms with van der Waals surface area (Å²) < 4.78 is 14.2. The van der Waals surface area contributed by atoms with E-state index >= 15 is 0 Å². The number of aromatic nitrogens is 1. The smallest absolute Gasteiger partial charge is 0.148 e. The van der Waals surface area contributed by atoms with Gasteiger partial charge >= 0.3 is 0 Å². The Morgan fingerprint density at radius 2 is 2.25 bits per heavy atom. The minimum atomic E-state index is -0.484. The lowest BCUT2D eigenvalue weighted by molar-refractivity contribution is 0.633. The molecule has 0 aliphatic carbocycles. The highest BCUT2D eigenvalue weighted by Gasteiger charge is 2.14. The van der Waals surface area contributed by atoms with Crippen LogP contribution < -0.4 is 5.73 Å². The molecule has 1 heterocycles. The van der Waals surface area contributed by atoms with Gasteiger partial charge in [-0.1, -0.05) is 0 Å². The van der Waals surface area contributed by atoms with E-state index in [9.17, 15) is 4.39 Å². The Morgan fingerprint density at radius 3 is 2.88 bits per heavy atom. The molecule has 2 N–H and O–H groups in total. The SMILES string of the molecule is Cc1cc(Br)c(F)c2c(N)c(C#N)cnc12. The largest absolute Gasteiger partial charge is 0.397 e. The first-order valence-corrected chi connectivity index (χ1v) is 5.28. The van der Waals surface area contributed by atoms with Crippen molar-refractivity contribution in [2.45, 2.75) is 6.92 Å². The van der Waals surface area contributed by atoms with Crippen molar-refractivity contribution in [3.8, 4) is 6.07 Å². The van der Waals surface area contributed by atoms with Gasteiger partial charge in [0.05, 0.1) is 26.6 Å². The molecule has 0 saturated carbocycles. The fourth-order valence-electron chi connectivity index (χ4n) is 1.58. The summed E-state index contributed by atoms with van der Waals surface area (Å²) >= 11 is 3.11. The minimum Gasteiger partial charge on any atom is -0.397 e. The van der Waals surface area contributed by atoms with Crippen LogP contribution in [0.5, 0.6) is 0 Å². The molecule has 0 fully saturated rings. The Morgan fingerprint density at radius 1 is 1.56 bits per heavy atom. The van der Waals surface area contributed by atoms with Gasteiger partial charge in [-0.3, -0.25) is 4.98 Å². The van der Waals surface area contributed by atoms with Gasteiger partial charge in [-0.05, 0) is 34.5 Å². The van der Waals surface area contributed by atoms with Crippen LogP contribution in [0.1, 0.15) is 11.1 Å². The molecule has 0 atom stereocenters. The number of nitriles is 1. The van der Waals surface area contributed by atoms with Crippen molar-refractivity contribution in [3.63, 3.8) is 0 Å². The summed E-state index contributed by atoms with van der Waals surface area (Å²) in [5, 5.41) is 9.00. The molecule has 3 nitrogen and oxygen atoms in total. The van der Waals surface area contributed by atoms with Crippen molar-refractivity contribution in [2.75, 3.05) is 5.73 Å². The van der Waals surface area contributed by atoms with Crippen LogP contribution in [0.2, 0.25) is 0 Å². The van der Waals surface area contributed by atoms with E-state index in [2.05, 4.69) is 20.9 Å². The molecule has 0 spiro atoms. The molecule has 16 heavy (non-hydrogen) atoms. The molecule has 2 aromatic rings. The summed E-state index contributed by atoms with van der Waals surface area (Å²) in [5.41, 5.74) is 7.35. The molecular formula is C11H7BrFN3. The van der Waals surface area contributed by atoms with Gasteiger partial charge < -0.3 is 5.73 Å². The zero-order valence-corrected chi connectivity index (χ0v) is 9.97. The lowest BCUT2D eigenvalue weighted by Crippen LogP contribution is -1.98. The summed E-state index contributed by atoms with van der Waals surface area (Å²) in [4.78, 5) is 4.05. The third-order valence-corrected chi connectivity index (χ3v) is 2.96. The second-order valence-corrected chi connectivity index (χ2v) is 4.26. The Balaban J connectivity index is 3.04. The number of nitrogens with zero attached hydrogens (tertiary/aromatic N) is 2. The first kappa shape index (κ1) is 10.8. The molecule has 80 valence electrons. The Labute approximate surface area is 99.8 Å². The quantitative estimate of drug-likeness (QED) is 0.807. The first-order valence-electron chi connectivity index (χ1n) is 4.49. The molecule has 0 radical (unpaired) electrons. The number of aryl methyl sites for hydroxylation is 1. The van der Waals surface area contributed by atoms with Crippen molar-refractivity contribution in [3.05, 3.63) is 33.7 Å². The highest BCUT2D eigenvalue weighted by Crippen LogP contribution is 2.32. The van der Waals surface area contributed by atoms with Gasteiger partial charge in [0, 0.05) is 6.20 Å². The number of rotatable bonds is 0. The average molecular weight is 280 g/mol. The van der Waals surface area contributed by atoms with E-state index < -0.39 is 5.82 Å². The molecule has 0 aliphatic rings. The molecule has 0 aliphatic heterocycles. The van der Waals surface area contributed by atoms with Crippen LogP contribution in [0.4, 0.5) is 10.1 Å². The van der Waals surface area contributed by atoms with Crippen molar-refractivity contribution in [2.24, 2.45) is 0 Å². The molecule has 0 bridgehead atoms. The predicted octanol–water partition coefficient (Wildman–Crippen LogP) is 2.90. The zero-order chi connectivity index (χ0) is 11.9. The molecule has 0 amide bonds. The van der Waals surface area contributed by atoms with E-state index in [1.807, 2.05) is 13.0 Å². The van der Waals surface area contributed by atoms with Crippen molar-refractivity contribution >= 4 is 32.5 Å². The van der Waals surface area contributed by atoms with Crippen LogP contribution in [0.3, 0.4) is 0 Å². The predicted molar refractivity (Wildman–Crippen MR) is 63.3 cm³/mol. The first-order chi connectivity index (χ1) is 7.56. The number of halogens is 2. The highest BCUT2D eigenvalue weighted by atomic mass is 79.9. The fraction of sp³-hybridized carbons (Fsp3) is 0.0909. The van der Waals surface area contributed by atoms with Crippen LogP contribution in [0.15, 0.2) is 16.7 Å². The lowest BCUT2D eigenvalue weighted by Gasteiger charge is -2.08. The Kier molecular flexibility index (Phi) is 2.52. The maximum atomic E-state index is 13.9. The number of hydrogen-bond acceptors (Lipinski definition) is 3. The van der Waals surface area contributed by atoms with E-state index in [0.717, 1.165) is 5.56 Å². The summed E-state index contributed by atoms with van der Waals surface area (Å²) in [7, 11) is 0. The van der Waals surface area contributed by atoms with E-state index in [1.165, 1.54) is 6.20 Å². The standard InChI is InChI=1S/C11H7BrFN3/c1-5-2-7(12)9(13)8-10(15)6(3-14)4-16-11(5)8/h2,4H,1H3,(H2,15,16). The molecule has 1 aromatic heterocycles. The van der Waals surface area contributed by atoms with Gasteiger partial charge in [0.2, 0.25) is 0 Å². The van der Waals surface area contributed by atoms with Gasteiger partial charge in [0.25, 0.3) is 0 Å². The topological polar surface area (TPSA) is 62.7 Å².